The summed E-state index contributed by atoms with van der Waals surface area (Å²) in [6.07, 6.45) is 3.33. The second-order valence-corrected chi connectivity index (χ2v) is 6.23. The van der Waals surface area contributed by atoms with Crippen molar-refractivity contribution in [2.75, 3.05) is 0 Å². The molecule has 1 aromatic carbocycles. The van der Waals surface area contributed by atoms with Gasteiger partial charge in [-0.25, -0.2) is 0 Å². The largest absolute Gasteiger partial charge is 0.360 e. The first kappa shape index (κ1) is 11.6. The van der Waals surface area contributed by atoms with Crippen molar-refractivity contribution in [3.8, 4) is 0 Å². The van der Waals surface area contributed by atoms with Crippen molar-refractivity contribution in [3.05, 3.63) is 47.5 Å². The van der Waals surface area contributed by atoms with Gasteiger partial charge in [-0.15, -0.1) is 11.8 Å². The van der Waals surface area contributed by atoms with Gasteiger partial charge in [0.2, 0.25) is 0 Å². The number of thioether (sulfide) groups is 1. The van der Waals surface area contributed by atoms with Crippen molar-refractivity contribution in [2.24, 2.45) is 0 Å². The summed E-state index contributed by atoms with van der Waals surface area (Å²) < 4.78 is 0. The fraction of sp³-hybridized carbons (Fsp3) is 0.429. The molecule has 0 aliphatic carbocycles. The van der Waals surface area contributed by atoms with Crippen molar-refractivity contribution in [1.29, 1.82) is 0 Å². The summed E-state index contributed by atoms with van der Waals surface area (Å²) in [6.45, 7) is 6.80. The number of rotatable bonds is 2. The number of nitrogens with zero attached hydrogens (tertiary/aromatic N) is 1. The average Bonchev–Trinajstić information content (AvgIpc) is 2.67. The summed E-state index contributed by atoms with van der Waals surface area (Å²) >= 11 is 1.92. The van der Waals surface area contributed by atoms with E-state index in [1.54, 1.807) is 0 Å². The van der Waals surface area contributed by atoms with Gasteiger partial charge in [0, 0.05) is 18.2 Å². The van der Waals surface area contributed by atoms with E-state index in [0.29, 0.717) is 5.37 Å². The van der Waals surface area contributed by atoms with Gasteiger partial charge in [0.05, 0.1) is 5.37 Å². The van der Waals surface area contributed by atoms with E-state index in [0.717, 1.165) is 6.42 Å². The molecule has 1 atom stereocenters. The molecule has 0 fully saturated rings. The minimum Gasteiger partial charge on any atom is -0.360 e. The fourth-order valence-corrected chi connectivity index (χ4v) is 3.16. The topological polar surface area (TPSA) is 3.24 Å². The maximum Gasteiger partial charge on any atom is 0.0831 e. The van der Waals surface area contributed by atoms with E-state index in [1.807, 2.05) is 11.8 Å². The third kappa shape index (κ3) is 2.62. The zero-order valence-electron chi connectivity index (χ0n) is 10.2. The quantitative estimate of drug-likeness (QED) is 0.763. The van der Waals surface area contributed by atoms with E-state index in [2.05, 4.69) is 67.6 Å². The molecule has 0 N–H and O–H groups in total. The van der Waals surface area contributed by atoms with E-state index in [-0.39, 0.29) is 5.54 Å². The fourth-order valence-electron chi connectivity index (χ4n) is 1.97. The number of benzene rings is 1. The van der Waals surface area contributed by atoms with Crippen LogP contribution in [0.15, 0.2) is 41.9 Å². The zero-order chi connectivity index (χ0) is 11.6. The first-order chi connectivity index (χ1) is 7.57. The molecule has 1 aliphatic heterocycles. The Kier molecular flexibility index (Phi) is 3.29. The summed E-state index contributed by atoms with van der Waals surface area (Å²) in [5.74, 6) is 0. The summed E-state index contributed by atoms with van der Waals surface area (Å²) in [5.41, 5.74) is 1.62. The van der Waals surface area contributed by atoms with Crippen LogP contribution in [-0.2, 0) is 6.42 Å². The second-order valence-electron chi connectivity index (χ2n) is 5.14. The predicted molar refractivity (Wildman–Crippen MR) is 72.3 cm³/mol. The maximum absolute atomic E-state index is 2.45. The van der Waals surface area contributed by atoms with Crippen LogP contribution in [0, 0.1) is 0 Å². The second kappa shape index (κ2) is 4.54. The van der Waals surface area contributed by atoms with Gasteiger partial charge >= 0.3 is 0 Å². The van der Waals surface area contributed by atoms with Gasteiger partial charge in [0.1, 0.15) is 0 Å². The molecule has 1 heterocycles. The molecule has 2 rings (SSSR count). The lowest BCUT2D eigenvalue weighted by atomic mass is 10.0. The van der Waals surface area contributed by atoms with Crippen molar-refractivity contribution in [1.82, 2.24) is 4.90 Å². The Bertz CT molecular complexity index is 364. The smallest absolute Gasteiger partial charge is 0.0831 e. The highest BCUT2D eigenvalue weighted by molar-refractivity contribution is 8.02. The lowest BCUT2D eigenvalue weighted by molar-refractivity contribution is 0.195. The van der Waals surface area contributed by atoms with Crippen LogP contribution in [0.25, 0.3) is 0 Å². The van der Waals surface area contributed by atoms with E-state index in [1.165, 1.54) is 5.56 Å². The van der Waals surface area contributed by atoms with E-state index >= 15 is 0 Å². The summed E-state index contributed by atoms with van der Waals surface area (Å²) in [4.78, 5) is 2.45. The highest BCUT2D eigenvalue weighted by Gasteiger charge is 2.29. The van der Waals surface area contributed by atoms with Crippen LogP contribution in [0.3, 0.4) is 0 Å². The van der Waals surface area contributed by atoms with Crippen LogP contribution < -0.4 is 0 Å². The Morgan fingerprint density at radius 3 is 2.50 bits per heavy atom. The molecular weight excluding hydrogens is 214 g/mol. The average molecular weight is 233 g/mol. The van der Waals surface area contributed by atoms with Gasteiger partial charge in [0.15, 0.2) is 0 Å². The Labute approximate surface area is 103 Å². The molecule has 0 spiro atoms. The van der Waals surface area contributed by atoms with Crippen LogP contribution >= 0.6 is 11.8 Å². The Balaban J connectivity index is 2.06. The molecule has 0 saturated carbocycles. The van der Waals surface area contributed by atoms with Gasteiger partial charge in [-0.2, -0.15) is 0 Å². The van der Waals surface area contributed by atoms with Gasteiger partial charge in [0.25, 0.3) is 0 Å². The molecule has 16 heavy (non-hydrogen) atoms. The summed E-state index contributed by atoms with van der Waals surface area (Å²) in [7, 11) is 0. The molecule has 1 aliphatic rings. The highest BCUT2D eigenvalue weighted by Crippen LogP contribution is 2.33. The van der Waals surface area contributed by atoms with Crippen LogP contribution in [0.1, 0.15) is 26.3 Å². The normalized spacial score (nSPS) is 20.4. The molecule has 0 bridgehead atoms. The molecule has 0 saturated heterocycles. The van der Waals surface area contributed by atoms with Crippen molar-refractivity contribution < 1.29 is 0 Å². The minimum absolute atomic E-state index is 0.208. The molecular formula is C14H19NS. The monoisotopic (exact) mass is 233 g/mol. The number of hydrogen-bond acceptors (Lipinski definition) is 2. The van der Waals surface area contributed by atoms with Gasteiger partial charge in [-0.3, -0.25) is 0 Å². The van der Waals surface area contributed by atoms with E-state index in [4.69, 9.17) is 0 Å². The molecule has 86 valence electrons. The summed E-state index contributed by atoms with van der Waals surface area (Å²) in [6, 6.07) is 10.7. The molecule has 1 unspecified atom stereocenters. The molecule has 0 amide bonds. The SMILES string of the molecule is CC(C)(C)N1C=CSC1Cc1ccccc1. The molecule has 0 aromatic heterocycles. The van der Waals surface area contributed by atoms with Gasteiger partial charge in [-0.05, 0) is 31.7 Å². The van der Waals surface area contributed by atoms with E-state index < -0.39 is 0 Å². The number of hydrogen-bond donors (Lipinski definition) is 0. The maximum atomic E-state index is 2.45. The lowest BCUT2D eigenvalue weighted by Gasteiger charge is -2.37. The lowest BCUT2D eigenvalue weighted by Crippen LogP contribution is -2.41. The molecule has 0 radical (unpaired) electrons. The predicted octanol–water partition coefficient (Wildman–Crippen LogP) is 3.87. The van der Waals surface area contributed by atoms with Crippen molar-refractivity contribution in [3.63, 3.8) is 0 Å². The summed E-state index contributed by atoms with van der Waals surface area (Å²) in [5, 5.41) is 2.75. The van der Waals surface area contributed by atoms with Crippen LogP contribution in [0.4, 0.5) is 0 Å². The molecule has 1 nitrogen and oxygen atoms in total. The third-order valence-electron chi connectivity index (χ3n) is 2.80. The Morgan fingerprint density at radius 2 is 1.88 bits per heavy atom. The zero-order valence-corrected chi connectivity index (χ0v) is 11.0. The van der Waals surface area contributed by atoms with Gasteiger partial charge in [-0.1, -0.05) is 30.3 Å². The first-order valence-electron chi connectivity index (χ1n) is 5.72. The van der Waals surface area contributed by atoms with Gasteiger partial charge < -0.3 is 4.90 Å². The first-order valence-corrected chi connectivity index (χ1v) is 6.66. The van der Waals surface area contributed by atoms with Crippen molar-refractivity contribution >= 4 is 11.8 Å². The Hall–Kier alpha value is -0.890. The highest BCUT2D eigenvalue weighted by atomic mass is 32.2. The standard InChI is InChI=1S/C14H19NS/c1-14(2,3)15-9-10-16-13(15)11-12-7-5-4-6-8-12/h4-10,13H,11H2,1-3H3. The third-order valence-corrected chi connectivity index (χ3v) is 3.78. The molecule has 2 heteroatoms. The van der Waals surface area contributed by atoms with Crippen LogP contribution in [-0.4, -0.2) is 15.8 Å². The van der Waals surface area contributed by atoms with Crippen LogP contribution in [0.5, 0.6) is 0 Å². The van der Waals surface area contributed by atoms with Crippen molar-refractivity contribution in [2.45, 2.75) is 38.1 Å². The molecule has 1 aromatic rings. The van der Waals surface area contributed by atoms with E-state index in [9.17, 15) is 0 Å². The van der Waals surface area contributed by atoms with Crippen LogP contribution in [0.2, 0.25) is 0 Å². The minimum atomic E-state index is 0.208. The Morgan fingerprint density at radius 1 is 1.19 bits per heavy atom.